The maximum absolute atomic E-state index is 12.0. The van der Waals surface area contributed by atoms with Gasteiger partial charge in [-0.05, 0) is 23.3 Å². The SMILES string of the molecule is CC(O)C1CCN(C(=O)CCn2cnc([N+](=O)[O-])c2)C1. The summed E-state index contributed by atoms with van der Waals surface area (Å²) in [6.07, 6.45) is 3.37. The minimum Gasteiger partial charge on any atom is -0.393 e. The Kier molecular flexibility index (Phi) is 4.33. The van der Waals surface area contributed by atoms with Crippen LogP contribution < -0.4 is 0 Å². The van der Waals surface area contributed by atoms with Gasteiger partial charge in [-0.15, -0.1) is 0 Å². The molecule has 1 fully saturated rings. The summed E-state index contributed by atoms with van der Waals surface area (Å²) in [5.41, 5.74) is 0. The molecule has 8 nitrogen and oxygen atoms in total. The Balaban J connectivity index is 1.82. The number of nitro groups is 1. The third kappa shape index (κ3) is 3.32. The maximum atomic E-state index is 12.0. The second kappa shape index (κ2) is 6.00. The molecule has 0 radical (unpaired) electrons. The van der Waals surface area contributed by atoms with Gasteiger partial charge in [-0.25, -0.2) is 0 Å². The highest BCUT2D eigenvalue weighted by Gasteiger charge is 2.28. The zero-order valence-corrected chi connectivity index (χ0v) is 11.3. The lowest BCUT2D eigenvalue weighted by atomic mass is 10.0. The number of aryl methyl sites for hydroxylation is 1. The van der Waals surface area contributed by atoms with Gasteiger partial charge in [0.2, 0.25) is 12.2 Å². The van der Waals surface area contributed by atoms with Crippen LogP contribution in [-0.4, -0.2) is 49.6 Å². The summed E-state index contributed by atoms with van der Waals surface area (Å²) >= 11 is 0. The fourth-order valence-corrected chi connectivity index (χ4v) is 2.36. The molecule has 1 amide bonds. The molecule has 1 N–H and O–H groups in total. The van der Waals surface area contributed by atoms with Crippen LogP contribution in [0.2, 0.25) is 0 Å². The molecule has 8 heteroatoms. The summed E-state index contributed by atoms with van der Waals surface area (Å²) in [6.45, 7) is 3.36. The van der Waals surface area contributed by atoms with Gasteiger partial charge in [0.05, 0.1) is 6.10 Å². The second-order valence-corrected chi connectivity index (χ2v) is 5.11. The first-order valence-electron chi connectivity index (χ1n) is 6.59. The van der Waals surface area contributed by atoms with E-state index in [2.05, 4.69) is 4.98 Å². The number of carbonyl (C=O) groups is 1. The predicted octanol–water partition coefficient (Wildman–Crippen LogP) is 0.411. The van der Waals surface area contributed by atoms with Crippen LogP contribution in [0, 0.1) is 16.0 Å². The Bertz CT molecular complexity index is 499. The smallest absolute Gasteiger partial charge is 0.381 e. The quantitative estimate of drug-likeness (QED) is 0.622. The van der Waals surface area contributed by atoms with Crippen molar-refractivity contribution in [2.75, 3.05) is 13.1 Å². The molecule has 0 aliphatic carbocycles. The Morgan fingerprint density at radius 3 is 3.00 bits per heavy atom. The average Bonchev–Trinajstić information content (AvgIpc) is 3.05. The first-order chi connectivity index (χ1) is 9.47. The number of carbonyl (C=O) groups excluding carboxylic acids is 1. The molecule has 110 valence electrons. The number of hydrogen-bond acceptors (Lipinski definition) is 5. The minimum atomic E-state index is -0.563. The number of aromatic nitrogens is 2. The van der Waals surface area contributed by atoms with Crippen LogP contribution in [0.4, 0.5) is 5.82 Å². The molecule has 0 saturated carbocycles. The van der Waals surface area contributed by atoms with E-state index in [0.717, 1.165) is 6.42 Å². The molecule has 1 aliphatic heterocycles. The largest absolute Gasteiger partial charge is 0.393 e. The van der Waals surface area contributed by atoms with Crippen molar-refractivity contribution in [3.8, 4) is 0 Å². The minimum absolute atomic E-state index is 0.00417. The number of aliphatic hydroxyl groups is 1. The third-order valence-electron chi connectivity index (χ3n) is 3.65. The molecule has 1 aliphatic rings. The van der Waals surface area contributed by atoms with E-state index in [1.54, 1.807) is 11.8 Å². The van der Waals surface area contributed by atoms with E-state index in [1.807, 2.05) is 0 Å². The monoisotopic (exact) mass is 282 g/mol. The molecule has 2 heterocycles. The van der Waals surface area contributed by atoms with Gasteiger partial charge in [0, 0.05) is 32.0 Å². The van der Waals surface area contributed by atoms with Crippen molar-refractivity contribution in [1.82, 2.24) is 14.5 Å². The van der Waals surface area contributed by atoms with Gasteiger partial charge in [-0.3, -0.25) is 4.79 Å². The van der Waals surface area contributed by atoms with Crippen LogP contribution in [0.3, 0.4) is 0 Å². The summed E-state index contributed by atoms with van der Waals surface area (Å²) in [5, 5.41) is 20.0. The van der Waals surface area contributed by atoms with Gasteiger partial charge >= 0.3 is 5.82 Å². The van der Waals surface area contributed by atoms with Gasteiger partial charge in [0.25, 0.3) is 0 Å². The first kappa shape index (κ1) is 14.4. The molecular formula is C12H18N4O4. The van der Waals surface area contributed by atoms with Crippen molar-refractivity contribution < 1.29 is 14.8 Å². The van der Waals surface area contributed by atoms with Crippen molar-refractivity contribution in [3.63, 3.8) is 0 Å². The van der Waals surface area contributed by atoms with Crippen molar-refractivity contribution in [1.29, 1.82) is 0 Å². The molecule has 0 aromatic carbocycles. The number of imidazole rings is 1. The third-order valence-corrected chi connectivity index (χ3v) is 3.65. The topological polar surface area (TPSA) is 102 Å². The van der Waals surface area contributed by atoms with Gasteiger partial charge in [0.15, 0.2) is 0 Å². The van der Waals surface area contributed by atoms with Gasteiger partial charge in [-0.1, -0.05) is 0 Å². The zero-order chi connectivity index (χ0) is 14.7. The maximum Gasteiger partial charge on any atom is 0.381 e. The molecule has 0 spiro atoms. The van der Waals surface area contributed by atoms with E-state index in [-0.39, 0.29) is 24.1 Å². The molecule has 2 atom stereocenters. The van der Waals surface area contributed by atoms with E-state index in [1.165, 1.54) is 17.1 Å². The Morgan fingerprint density at radius 1 is 1.70 bits per heavy atom. The summed E-state index contributed by atoms with van der Waals surface area (Å²) < 4.78 is 1.54. The number of amides is 1. The molecule has 1 aromatic heterocycles. The van der Waals surface area contributed by atoms with Crippen LogP contribution in [0.15, 0.2) is 12.5 Å². The van der Waals surface area contributed by atoms with E-state index in [9.17, 15) is 20.0 Å². The van der Waals surface area contributed by atoms with Gasteiger partial charge < -0.3 is 24.7 Å². The average molecular weight is 282 g/mol. The number of rotatable bonds is 5. The Hall–Kier alpha value is -1.96. The molecule has 20 heavy (non-hydrogen) atoms. The summed E-state index contributed by atoms with van der Waals surface area (Å²) in [7, 11) is 0. The van der Waals surface area contributed by atoms with E-state index < -0.39 is 11.0 Å². The van der Waals surface area contributed by atoms with Crippen LogP contribution in [0.1, 0.15) is 19.8 Å². The van der Waals surface area contributed by atoms with E-state index in [4.69, 9.17) is 0 Å². The van der Waals surface area contributed by atoms with Gasteiger partial charge in [-0.2, -0.15) is 0 Å². The standard InChI is InChI=1S/C12H18N4O4/c1-9(17)10-2-5-15(6-10)12(18)3-4-14-7-11(13-8-14)16(19)20/h7-10,17H,2-6H2,1H3. The van der Waals surface area contributed by atoms with Crippen molar-refractivity contribution in [2.24, 2.45) is 5.92 Å². The lowest BCUT2D eigenvalue weighted by Crippen LogP contribution is -2.30. The zero-order valence-electron chi connectivity index (χ0n) is 11.3. The van der Waals surface area contributed by atoms with Crippen molar-refractivity contribution in [3.05, 3.63) is 22.6 Å². The van der Waals surface area contributed by atoms with Crippen LogP contribution in [0.25, 0.3) is 0 Å². The normalized spacial score (nSPS) is 20.1. The summed E-state index contributed by atoms with van der Waals surface area (Å²) in [5.74, 6) is -0.0643. The highest BCUT2D eigenvalue weighted by atomic mass is 16.6. The Morgan fingerprint density at radius 2 is 2.45 bits per heavy atom. The lowest BCUT2D eigenvalue weighted by Gasteiger charge is -2.17. The van der Waals surface area contributed by atoms with E-state index >= 15 is 0 Å². The number of nitrogens with zero attached hydrogens (tertiary/aromatic N) is 4. The molecular weight excluding hydrogens is 264 g/mol. The molecule has 0 bridgehead atoms. The van der Waals surface area contributed by atoms with Crippen LogP contribution in [0.5, 0.6) is 0 Å². The lowest BCUT2D eigenvalue weighted by molar-refractivity contribution is -0.389. The molecule has 1 saturated heterocycles. The number of likely N-dealkylation sites (tertiary alicyclic amines) is 1. The second-order valence-electron chi connectivity index (χ2n) is 5.11. The first-order valence-corrected chi connectivity index (χ1v) is 6.59. The Labute approximate surface area is 116 Å². The number of aliphatic hydroxyl groups excluding tert-OH is 1. The highest BCUT2D eigenvalue weighted by Crippen LogP contribution is 2.20. The molecule has 2 rings (SSSR count). The summed E-state index contributed by atoms with van der Waals surface area (Å²) in [6, 6.07) is 0. The number of hydrogen-bond donors (Lipinski definition) is 1. The molecule has 2 unspecified atom stereocenters. The highest BCUT2D eigenvalue weighted by molar-refractivity contribution is 5.76. The van der Waals surface area contributed by atoms with Crippen LogP contribution in [-0.2, 0) is 11.3 Å². The van der Waals surface area contributed by atoms with Gasteiger partial charge in [0.1, 0.15) is 6.20 Å². The predicted molar refractivity (Wildman–Crippen MR) is 69.9 cm³/mol. The van der Waals surface area contributed by atoms with E-state index in [0.29, 0.717) is 19.6 Å². The van der Waals surface area contributed by atoms with Crippen LogP contribution >= 0.6 is 0 Å². The molecule has 1 aromatic rings. The van der Waals surface area contributed by atoms with Crippen molar-refractivity contribution >= 4 is 11.7 Å². The fourth-order valence-electron chi connectivity index (χ4n) is 2.36. The fraction of sp³-hybridized carbons (Fsp3) is 0.667. The van der Waals surface area contributed by atoms with Crippen molar-refractivity contribution in [2.45, 2.75) is 32.4 Å². The summed E-state index contributed by atoms with van der Waals surface area (Å²) in [4.78, 5) is 27.3.